The number of aromatic nitrogens is 2. The first-order valence-electron chi connectivity index (χ1n) is 7.89. The molecule has 0 saturated carbocycles. The molecule has 0 fully saturated rings. The number of rotatable bonds is 7. The van der Waals surface area contributed by atoms with Crippen LogP contribution < -0.4 is 14.8 Å². The van der Waals surface area contributed by atoms with Gasteiger partial charge < -0.3 is 14.0 Å². The van der Waals surface area contributed by atoms with E-state index in [4.69, 9.17) is 25.6 Å². The Balaban J connectivity index is 1.55. The van der Waals surface area contributed by atoms with Crippen molar-refractivity contribution in [3.63, 3.8) is 0 Å². The zero-order valence-corrected chi connectivity index (χ0v) is 14.7. The first kappa shape index (κ1) is 17.8. The Morgan fingerprint density at radius 1 is 1.08 bits per heavy atom. The van der Waals surface area contributed by atoms with Crippen LogP contribution in [0.2, 0.25) is 5.02 Å². The van der Waals surface area contributed by atoms with Gasteiger partial charge in [0.1, 0.15) is 11.5 Å². The van der Waals surface area contributed by atoms with Gasteiger partial charge in [-0.05, 0) is 60.6 Å². The van der Waals surface area contributed by atoms with Crippen molar-refractivity contribution in [1.29, 1.82) is 0 Å². The number of nitrogens with zero attached hydrogens (tertiary/aromatic N) is 2. The Hall–Kier alpha value is -3.06. The number of carbonyl (C=O) groups excluding carboxylic acids is 1. The molecule has 134 valence electrons. The maximum absolute atomic E-state index is 11.9. The highest BCUT2D eigenvalue weighted by molar-refractivity contribution is 6.30. The second-order valence-electron chi connectivity index (χ2n) is 5.17. The summed E-state index contributed by atoms with van der Waals surface area (Å²) in [5.41, 5.74) is 0.721. The number of hydrogen-bond acceptors (Lipinski definition) is 6. The number of anilines is 1. The van der Waals surface area contributed by atoms with E-state index in [0.717, 1.165) is 11.3 Å². The first-order chi connectivity index (χ1) is 12.6. The number of carbonyl (C=O) groups is 1. The molecule has 3 aromatic rings. The Bertz CT molecular complexity index is 863. The molecule has 1 N–H and O–H groups in total. The first-order valence-corrected chi connectivity index (χ1v) is 8.27. The van der Waals surface area contributed by atoms with Crippen LogP contribution in [0.3, 0.4) is 0 Å². The van der Waals surface area contributed by atoms with Gasteiger partial charge in [-0.25, -0.2) is 0 Å². The van der Waals surface area contributed by atoms with E-state index < -0.39 is 5.91 Å². The molecule has 1 amide bonds. The fraction of sp³-hybridized carbons (Fsp3) is 0.167. The van der Waals surface area contributed by atoms with Gasteiger partial charge in [0.15, 0.2) is 6.61 Å². The molecule has 1 aromatic heterocycles. The maximum Gasteiger partial charge on any atom is 0.270 e. The summed E-state index contributed by atoms with van der Waals surface area (Å²) in [6.45, 7) is 2.32. The van der Waals surface area contributed by atoms with Crippen LogP contribution >= 0.6 is 11.6 Å². The van der Waals surface area contributed by atoms with E-state index in [1.807, 2.05) is 6.92 Å². The van der Waals surface area contributed by atoms with Crippen LogP contribution in [0.1, 0.15) is 6.92 Å². The second kappa shape index (κ2) is 8.35. The summed E-state index contributed by atoms with van der Waals surface area (Å²) in [6, 6.07) is 13.9. The minimum absolute atomic E-state index is 0.0681. The molecule has 1 heterocycles. The Morgan fingerprint density at radius 3 is 2.42 bits per heavy atom. The van der Waals surface area contributed by atoms with E-state index in [1.165, 1.54) is 0 Å². The Labute approximate surface area is 154 Å². The quantitative estimate of drug-likeness (QED) is 0.677. The molecule has 0 saturated heterocycles. The van der Waals surface area contributed by atoms with Gasteiger partial charge in [0, 0.05) is 10.6 Å². The van der Waals surface area contributed by atoms with Gasteiger partial charge in [0.2, 0.25) is 0 Å². The van der Waals surface area contributed by atoms with Crippen molar-refractivity contribution in [2.45, 2.75) is 6.92 Å². The molecule has 0 aliphatic carbocycles. The van der Waals surface area contributed by atoms with Crippen LogP contribution in [-0.2, 0) is 4.79 Å². The van der Waals surface area contributed by atoms with Crippen molar-refractivity contribution in [2.75, 3.05) is 18.5 Å². The molecule has 8 heteroatoms. The molecule has 0 unspecified atom stereocenters. The third-order valence-electron chi connectivity index (χ3n) is 3.27. The fourth-order valence-electron chi connectivity index (χ4n) is 2.09. The zero-order chi connectivity index (χ0) is 18.4. The van der Waals surface area contributed by atoms with Gasteiger partial charge in [-0.15, -0.1) is 0 Å². The SMILES string of the molecule is CCOc1ccc(-c2nc(NC(=O)COc3ccc(Cl)cc3)no2)cc1. The van der Waals surface area contributed by atoms with Gasteiger partial charge in [0.05, 0.1) is 6.61 Å². The zero-order valence-electron chi connectivity index (χ0n) is 13.9. The molecule has 0 bridgehead atoms. The van der Waals surface area contributed by atoms with E-state index in [-0.39, 0.29) is 12.6 Å². The van der Waals surface area contributed by atoms with Crippen LogP contribution in [0.15, 0.2) is 53.1 Å². The monoisotopic (exact) mass is 373 g/mol. The summed E-state index contributed by atoms with van der Waals surface area (Å²) in [6.07, 6.45) is 0. The lowest BCUT2D eigenvalue weighted by atomic mass is 10.2. The number of ether oxygens (including phenoxy) is 2. The van der Waals surface area contributed by atoms with Crippen LogP contribution in [-0.4, -0.2) is 29.3 Å². The topological polar surface area (TPSA) is 86.5 Å². The lowest BCUT2D eigenvalue weighted by molar-refractivity contribution is -0.118. The van der Waals surface area contributed by atoms with Gasteiger partial charge in [0.25, 0.3) is 17.7 Å². The summed E-state index contributed by atoms with van der Waals surface area (Å²) in [7, 11) is 0. The van der Waals surface area contributed by atoms with Crippen molar-refractivity contribution < 1.29 is 18.8 Å². The van der Waals surface area contributed by atoms with Gasteiger partial charge in [-0.2, -0.15) is 4.98 Å². The molecule has 3 rings (SSSR count). The Morgan fingerprint density at radius 2 is 1.73 bits per heavy atom. The van der Waals surface area contributed by atoms with Gasteiger partial charge >= 0.3 is 0 Å². The highest BCUT2D eigenvalue weighted by Gasteiger charge is 2.12. The fourth-order valence-corrected chi connectivity index (χ4v) is 2.22. The predicted molar refractivity (Wildman–Crippen MR) is 96.5 cm³/mol. The maximum atomic E-state index is 11.9. The van der Waals surface area contributed by atoms with Gasteiger partial charge in [-0.3, -0.25) is 10.1 Å². The Kier molecular flexibility index (Phi) is 5.70. The number of halogens is 1. The molecule has 0 aliphatic heterocycles. The van der Waals surface area contributed by atoms with E-state index in [0.29, 0.717) is 23.3 Å². The van der Waals surface area contributed by atoms with Crippen molar-refractivity contribution in [3.8, 4) is 23.0 Å². The molecule has 26 heavy (non-hydrogen) atoms. The van der Waals surface area contributed by atoms with E-state index in [1.54, 1.807) is 48.5 Å². The molecular formula is C18H16ClN3O4. The van der Waals surface area contributed by atoms with Crippen molar-refractivity contribution in [1.82, 2.24) is 10.1 Å². The van der Waals surface area contributed by atoms with Crippen LogP contribution in [0.4, 0.5) is 5.95 Å². The third-order valence-corrected chi connectivity index (χ3v) is 3.53. The second-order valence-corrected chi connectivity index (χ2v) is 5.61. The van der Waals surface area contributed by atoms with Crippen molar-refractivity contribution in [3.05, 3.63) is 53.6 Å². The molecule has 0 radical (unpaired) electrons. The summed E-state index contributed by atoms with van der Waals surface area (Å²) < 4.78 is 15.9. The average molecular weight is 374 g/mol. The minimum atomic E-state index is -0.404. The number of benzene rings is 2. The smallest absolute Gasteiger partial charge is 0.270 e. The summed E-state index contributed by atoms with van der Waals surface area (Å²) in [4.78, 5) is 16.1. The van der Waals surface area contributed by atoms with Crippen LogP contribution in [0.25, 0.3) is 11.5 Å². The molecule has 2 aromatic carbocycles. The van der Waals surface area contributed by atoms with E-state index >= 15 is 0 Å². The van der Waals surface area contributed by atoms with E-state index in [9.17, 15) is 4.79 Å². The summed E-state index contributed by atoms with van der Waals surface area (Å²) in [5, 5.41) is 6.84. The molecule has 0 atom stereocenters. The van der Waals surface area contributed by atoms with Crippen LogP contribution in [0.5, 0.6) is 11.5 Å². The largest absolute Gasteiger partial charge is 0.494 e. The molecule has 0 aliphatic rings. The highest BCUT2D eigenvalue weighted by Crippen LogP contribution is 2.22. The summed E-state index contributed by atoms with van der Waals surface area (Å²) in [5.74, 6) is 1.25. The molecule has 7 nitrogen and oxygen atoms in total. The van der Waals surface area contributed by atoms with Crippen molar-refractivity contribution in [2.24, 2.45) is 0 Å². The highest BCUT2D eigenvalue weighted by atomic mass is 35.5. The number of amides is 1. The summed E-state index contributed by atoms with van der Waals surface area (Å²) >= 11 is 5.79. The lowest BCUT2D eigenvalue weighted by Gasteiger charge is -2.05. The molecule has 0 spiro atoms. The molecular weight excluding hydrogens is 358 g/mol. The average Bonchev–Trinajstić information content (AvgIpc) is 3.10. The number of hydrogen-bond donors (Lipinski definition) is 1. The normalized spacial score (nSPS) is 10.4. The third kappa shape index (κ3) is 4.73. The number of nitrogens with one attached hydrogen (secondary N) is 1. The predicted octanol–water partition coefficient (Wildman–Crippen LogP) is 3.81. The minimum Gasteiger partial charge on any atom is -0.494 e. The van der Waals surface area contributed by atoms with Gasteiger partial charge in [-0.1, -0.05) is 11.6 Å². The van der Waals surface area contributed by atoms with Crippen LogP contribution in [0, 0.1) is 0 Å². The van der Waals surface area contributed by atoms with E-state index in [2.05, 4.69) is 15.5 Å². The lowest BCUT2D eigenvalue weighted by Crippen LogP contribution is -2.20. The standard InChI is InChI=1S/C18H16ClN3O4/c1-2-24-14-7-3-12(4-8-14)17-21-18(22-26-17)20-16(23)11-25-15-9-5-13(19)6-10-15/h3-10H,2,11H2,1H3,(H,20,22,23). The van der Waals surface area contributed by atoms with Crippen molar-refractivity contribution >= 4 is 23.5 Å².